The molecule has 0 aliphatic carbocycles. The molecule has 0 aliphatic heterocycles. The summed E-state index contributed by atoms with van der Waals surface area (Å²) in [7, 11) is 1.40. The van der Waals surface area contributed by atoms with Crippen LogP contribution in [0.15, 0.2) is 54.7 Å². The Labute approximate surface area is 131 Å². The van der Waals surface area contributed by atoms with Gasteiger partial charge < -0.3 is 9.84 Å². The molecule has 0 atom stereocenters. The Hall–Kier alpha value is -3.15. The third kappa shape index (κ3) is 2.78. The van der Waals surface area contributed by atoms with Crippen LogP contribution in [0.1, 0.15) is 10.4 Å². The lowest BCUT2D eigenvalue weighted by Gasteiger charge is -2.09. The smallest absolute Gasteiger partial charge is 0.335 e. The Morgan fingerprint density at radius 2 is 2.04 bits per heavy atom. The molecule has 1 aromatic heterocycles. The molecule has 0 saturated carbocycles. The van der Waals surface area contributed by atoms with Gasteiger partial charge in [0.05, 0.1) is 30.3 Å². The summed E-state index contributed by atoms with van der Waals surface area (Å²) in [6, 6.07) is 12.7. The summed E-state index contributed by atoms with van der Waals surface area (Å²) in [5.74, 6) is -1.33. The maximum Gasteiger partial charge on any atom is 0.335 e. The minimum atomic E-state index is -1.02. The van der Waals surface area contributed by atoms with Gasteiger partial charge in [0.25, 0.3) is 0 Å². The lowest BCUT2D eigenvalue weighted by atomic mass is 10.1. The molecule has 3 rings (SSSR count). The number of ether oxygens (including phenoxy) is 1. The highest BCUT2D eigenvalue weighted by Gasteiger charge is 2.12. The average Bonchev–Trinajstić information content (AvgIpc) is 3.04. The summed E-state index contributed by atoms with van der Waals surface area (Å²) >= 11 is 0. The van der Waals surface area contributed by atoms with Gasteiger partial charge in [-0.2, -0.15) is 5.10 Å². The third-order valence-corrected chi connectivity index (χ3v) is 3.43. The van der Waals surface area contributed by atoms with Gasteiger partial charge in [0.2, 0.25) is 0 Å². The van der Waals surface area contributed by atoms with Crippen molar-refractivity contribution in [2.24, 2.45) is 0 Å². The van der Waals surface area contributed by atoms with Crippen molar-refractivity contribution in [3.8, 4) is 22.7 Å². The highest BCUT2D eigenvalue weighted by Crippen LogP contribution is 2.27. The van der Waals surface area contributed by atoms with Crippen molar-refractivity contribution in [2.45, 2.75) is 0 Å². The first kappa shape index (κ1) is 14.8. The van der Waals surface area contributed by atoms with Crippen molar-refractivity contribution < 1.29 is 19.0 Å². The standard InChI is InChI=1S/C17H13FN2O3/c1-23-16-6-5-11(10-14(16)18)15-7-8-19-20(15)13-4-2-3-12(9-13)17(21)22/h2-10H,1H3,(H,21,22). The Morgan fingerprint density at radius 3 is 2.74 bits per heavy atom. The third-order valence-electron chi connectivity index (χ3n) is 3.43. The van der Waals surface area contributed by atoms with Gasteiger partial charge in [-0.25, -0.2) is 13.9 Å². The summed E-state index contributed by atoms with van der Waals surface area (Å²) in [6.45, 7) is 0. The number of methoxy groups -OCH3 is 1. The molecule has 1 heterocycles. The molecule has 0 bridgehead atoms. The Balaban J connectivity index is 2.08. The molecule has 0 saturated heterocycles. The van der Waals surface area contributed by atoms with E-state index >= 15 is 0 Å². The van der Waals surface area contributed by atoms with Gasteiger partial charge >= 0.3 is 5.97 Å². The number of aromatic nitrogens is 2. The van der Waals surface area contributed by atoms with Gasteiger partial charge in [-0.1, -0.05) is 6.07 Å². The predicted molar refractivity (Wildman–Crippen MR) is 82.5 cm³/mol. The van der Waals surface area contributed by atoms with Crippen LogP contribution >= 0.6 is 0 Å². The van der Waals surface area contributed by atoms with E-state index in [1.165, 1.54) is 31.4 Å². The lowest BCUT2D eigenvalue weighted by Crippen LogP contribution is -2.02. The van der Waals surface area contributed by atoms with Crippen LogP contribution in [0.25, 0.3) is 16.9 Å². The van der Waals surface area contributed by atoms with Crippen molar-refractivity contribution in [1.82, 2.24) is 9.78 Å². The molecule has 1 N–H and O–H groups in total. The van der Waals surface area contributed by atoms with Crippen LogP contribution in [0, 0.1) is 5.82 Å². The minimum absolute atomic E-state index is 0.157. The zero-order valence-electron chi connectivity index (χ0n) is 12.2. The van der Waals surface area contributed by atoms with E-state index in [4.69, 9.17) is 9.84 Å². The largest absolute Gasteiger partial charge is 0.494 e. The van der Waals surface area contributed by atoms with Crippen molar-refractivity contribution in [3.63, 3.8) is 0 Å². The van der Waals surface area contributed by atoms with Crippen molar-refractivity contribution in [2.75, 3.05) is 7.11 Å². The SMILES string of the molecule is COc1ccc(-c2ccnn2-c2cccc(C(=O)O)c2)cc1F. The van der Waals surface area contributed by atoms with Crippen LogP contribution in [-0.2, 0) is 0 Å². The van der Waals surface area contributed by atoms with E-state index in [2.05, 4.69) is 5.10 Å². The number of carboxylic acids is 1. The molecule has 2 aromatic carbocycles. The summed E-state index contributed by atoms with van der Waals surface area (Å²) in [5, 5.41) is 13.3. The second kappa shape index (κ2) is 5.92. The number of nitrogens with zero attached hydrogens (tertiary/aromatic N) is 2. The van der Waals surface area contributed by atoms with E-state index < -0.39 is 11.8 Å². The van der Waals surface area contributed by atoms with Crippen LogP contribution in [0.4, 0.5) is 4.39 Å². The zero-order valence-corrected chi connectivity index (χ0v) is 12.2. The number of benzene rings is 2. The van der Waals surface area contributed by atoms with E-state index in [1.54, 1.807) is 35.1 Å². The van der Waals surface area contributed by atoms with Crippen molar-refractivity contribution >= 4 is 5.97 Å². The summed E-state index contributed by atoms with van der Waals surface area (Å²) in [5.41, 5.74) is 2.00. The van der Waals surface area contributed by atoms with Crippen molar-refractivity contribution in [1.29, 1.82) is 0 Å². The fourth-order valence-electron chi connectivity index (χ4n) is 2.32. The first-order chi connectivity index (χ1) is 11.1. The molecule has 6 heteroatoms. The number of carbonyl (C=O) groups is 1. The van der Waals surface area contributed by atoms with Gasteiger partial charge in [0.15, 0.2) is 11.6 Å². The van der Waals surface area contributed by atoms with Crippen LogP contribution in [0.2, 0.25) is 0 Å². The summed E-state index contributed by atoms with van der Waals surface area (Å²) < 4.78 is 20.4. The molecule has 0 amide bonds. The average molecular weight is 312 g/mol. The number of hydrogen-bond acceptors (Lipinski definition) is 3. The molecule has 0 aliphatic rings. The van der Waals surface area contributed by atoms with Crippen LogP contribution in [-0.4, -0.2) is 28.0 Å². The molecule has 116 valence electrons. The number of carboxylic acid groups (broad SMARTS) is 1. The first-order valence-corrected chi connectivity index (χ1v) is 6.82. The molecular weight excluding hydrogens is 299 g/mol. The molecular formula is C17H13FN2O3. The van der Waals surface area contributed by atoms with E-state index in [1.807, 2.05) is 0 Å². The molecule has 0 unspecified atom stereocenters. The van der Waals surface area contributed by atoms with Gasteiger partial charge in [-0.15, -0.1) is 0 Å². The monoisotopic (exact) mass is 312 g/mol. The topological polar surface area (TPSA) is 64.4 Å². The Bertz CT molecular complexity index is 874. The molecule has 5 nitrogen and oxygen atoms in total. The normalized spacial score (nSPS) is 10.5. The molecule has 0 fully saturated rings. The molecule has 23 heavy (non-hydrogen) atoms. The quantitative estimate of drug-likeness (QED) is 0.802. The molecule has 0 radical (unpaired) electrons. The molecule has 3 aromatic rings. The summed E-state index contributed by atoms with van der Waals surface area (Å²) in [6.07, 6.45) is 1.57. The number of aromatic carboxylic acids is 1. The summed E-state index contributed by atoms with van der Waals surface area (Å²) in [4.78, 5) is 11.1. The number of rotatable bonds is 4. The zero-order chi connectivity index (χ0) is 16.4. The maximum absolute atomic E-state index is 13.9. The fourth-order valence-corrected chi connectivity index (χ4v) is 2.32. The van der Waals surface area contributed by atoms with Crippen molar-refractivity contribution in [3.05, 3.63) is 66.1 Å². The predicted octanol–water partition coefficient (Wildman–Crippen LogP) is 3.39. The highest BCUT2D eigenvalue weighted by molar-refractivity contribution is 5.88. The van der Waals surface area contributed by atoms with Crippen LogP contribution < -0.4 is 4.74 Å². The number of halogens is 1. The maximum atomic E-state index is 13.9. The van der Waals surface area contributed by atoms with Gasteiger partial charge in [0.1, 0.15) is 0 Å². The second-order valence-corrected chi connectivity index (χ2v) is 4.83. The van der Waals surface area contributed by atoms with E-state index in [-0.39, 0.29) is 11.3 Å². The Morgan fingerprint density at radius 1 is 1.22 bits per heavy atom. The first-order valence-electron chi connectivity index (χ1n) is 6.82. The number of hydrogen-bond donors (Lipinski definition) is 1. The lowest BCUT2D eigenvalue weighted by molar-refractivity contribution is 0.0697. The van der Waals surface area contributed by atoms with Gasteiger partial charge in [-0.3, -0.25) is 0 Å². The highest BCUT2D eigenvalue weighted by atomic mass is 19.1. The van der Waals surface area contributed by atoms with E-state index in [0.29, 0.717) is 16.9 Å². The van der Waals surface area contributed by atoms with Gasteiger partial charge in [0, 0.05) is 5.56 Å². The van der Waals surface area contributed by atoms with Crippen LogP contribution in [0.3, 0.4) is 0 Å². The van der Waals surface area contributed by atoms with Crippen LogP contribution in [0.5, 0.6) is 5.75 Å². The van der Waals surface area contributed by atoms with E-state index in [9.17, 15) is 9.18 Å². The second-order valence-electron chi connectivity index (χ2n) is 4.83. The molecule has 0 spiro atoms. The Kier molecular flexibility index (Phi) is 3.80. The minimum Gasteiger partial charge on any atom is -0.494 e. The fraction of sp³-hybridized carbons (Fsp3) is 0.0588. The van der Waals surface area contributed by atoms with E-state index in [0.717, 1.165) is 0 Å². The van der Waals surface area contributed by atoms with Gasteiger partial charge in [-0.05, 0) is 42.5 Å².